The molecule has 0 bridgehead atoms. The summed E-state index contributed by atoms with van der Waals surface area (Å²) in [5, 5.41) is 4.00. The molecule has 25 heavy (non-hydrogen) atoms. The third-order valence-electron chi connectivity index (χ3n) is 3.60. The molecule has 0 fully saturated rings. The first kappa shape index (κ1) is 19.5. The van der Waals surface area contributed by atoms with Gasteiger partial charge in [0.2, 0.25) is 5.91 Å². The standard InChI is InChI=1S/C18H22ClN3O2S/c1-11(2)20-16(23)10-25-18-21-12(3)15(17(24)22(18)4)9-13-6-5-7-14(19)8-13/h5-8,11H,9-10H2,1-4H3,(H,20,23). The Balaban J connectivity index is 2.21. The maximum atomic E-state index is 12.7. The van der Waals surface area contributed by atoms with E-state index in [-0.39, 0.29) is 23.3 Å². The van der Waals surface area contributed by atoms with Gasteiger partial charge in [0.05, 0.1) is 5.75 Å². The number of amides is 1. The number of thioether (sulfide) groups is 1. The highest BCUT2D eigenvalue weighted by molar-refractivity contribution is 7.99. The van der Waals surface area contributed by atoms with Crippen LogP contribution in [0.3, 0.4) is 0 Å². The average molecular weight is 380 g/mol. The van der Waals surface area contributed by atoms with Gasteiger partial charge in [-0.1, -0.05) is 35.5 Å². The lowest BCUT2D eigenvalue weighted by molar-refractivity contribution is -0.119. The zero-order valence-electron chi connectivity index (χ0n) is 14.8. The molecule has 0 unspecified atom stereocenters. The Morgan fingerprint density at radius 3 is 2.76 bits per heavy atom. The summed E-state index contributed by atoms with van der Waals surface area (Å²) in [7, 11) is 1.68. The first-order chi connectivity index (χ1) is 11.8. The Kier molecular flexibility index (Phi) is 6.67. The van der Waals surface area contributed by atoms with Crippen LogP contribution in [-0.2, 0) is 18.3 Å². The number of nitrogens with one attached hydrogen (secondary N) is 1. The van der Waals surface area contributed by atoms with Gasteiger partial charge in [-0.2, -0.15) is 0 Å². The van der Waals surface area contributed by atoms with Crippen LogP contribution in [0.15, 0.2) is 34.2 Å². The fraction of sp³-hybridized carbons (Fsp3) is 0.389. The van der Waals surface area contributed by atoms with Crippen LogP contribution in [0.5, 0.6) is 0 Å². The second-order valence-corrected chi connectivity index (χ2v) is 7.52. The first-order valence-electron chi connectivity index (χ1n) is 8.01. The lowest BCUT2D eigenvalue weighted by atomic mass is 10.1. The van der Waals surface area contributed by atoms with Crippen LogP contribution in [0.25, 0.3) is 0 Å². The summed E-state index contributed by atoms with van der Waals surface area (Å²) in [5.74, 6) is 0.154. The van der Waals surface area contributed by atoms with Gasteiger partial charge in [-0.3, -0.25) is 14.2 Å². The first-order valence-corrected chi connectivity index (χ1v) is 9.37. The van der Waals surface area contributed by atoms with Crippen molar-refractivity contribution in [1.82, 2.24) is 14.9 Å². The Morgan fingerprint density at radius 2 is 2.12 bits per heavy atom. The molecule has 1 amide bonds. The molecule has 1 heterocycles. The number of halogens is 1. The predicted molar refractivity (Wildman–Crippen MR) is 102 cm³/mol. The van der Waals surface area contributed by atoms with E-state index in [1.165, 1.54) is 16.3 Å². The number of aromatic nitrogens is 2. The number of nitrogens with zero attached hydrogens (tertiary/aromatic N) is 2. The predicted octanol–water partition coefficient (Wildman–Crippen LogP) is 2.95. The summed E-state index contributed by atoms with van der Waals surface area (Å²) in [6.07, 6.45) is 0.477. The lowest BCUT2D eigenvalue weighted by Crippen LogP contribution is -2.32. The van der Waals surface area contributed by atoms with E-state index in [1.807, 2.05) is 39.0 Å². The highest BCUT2D eigenvalue weighted by Crippen LogP contribution is 2.18. The van der Waals surface area contributed by atoms with Crippen molar-refractivity contribution in [1.29, 1.82) is 0 Å². The third-order valence-corrected chi connectivity index (χ3v) is 4.87. The second-order valence-electron chi connectivity index (χ2n) is 6.14. The fourth-order valence-corrected chi connectivity index (χ4v) is 3.44. The molecule has 0 radical (unpaired) electrons. The lowest BCUT2D eigenvalue weighted by Gasteiger charge is -2.13. The molecule has 0 spiro atoms. The van der Waals surface area contributed by atoms with Crippen molar-refractivity contribution < 1.29 is 4.79 Å². The van der Waals surface area contributed by atoms with Gasteiger partial charge in [0.25, 0.3) is 5.56 Å². The van der Waals surface area contributed by atoms with Crippen molar-refractivity contribution in [3.8, 4) is 0 Å². The van der Waals surface area contributed by atoms with E-state index >= 15 is 0 Å². The second kappa shape index (κ2) is 8.54. The van der Waals surface area contributed by atoms with Crippen LogP contribution < -0.4 is 10.9 Å². The molecule has 1 N–H and O–H groups in total. The van der Waals surface area contributed by atoms with Gasteiger partial charge >= 0.3 is 0 Å². The van der Waals surface area contributed by atoms with Crippen LogP contribution >= 0.6 is 23.4 Å². The molecule has 2 rings (SSSR count). The summed E-state index contributed by atoms with van der Waals surface area (Å²) >= 11 is 7.28. The number of hydrogen-bond acceptors (Lipinski definition) is 4. The molecule has 0 aliphatic carbocycles. The third kappa shape index (κ3) is 5.34. The number of rotatable bonds is 6. The molecule has 2 aromatic rings. The summed E-state index contributed by atoms with van der Waals surface area (Å²) in [5.41, 5.74) is 2.18. The van der Waals surface area contributed by atoms with E-state index in [9.17, 15) is 9.59 Å². The highest BCUT2D eigenvalue weighted by atomic mass is 35.5. The molecule has 0 aliphatic heterocycles. The van der Waals surface area contributed by atoms with Crippen molar-refractivity contribution in [2.75, 3.05) is 5.75 Å². The fourth-order valence-electron chi connectivity index (χ4n) is 2.41. The quantitative estimate of drug-likeness (QED) is 0.619. The van der Waals surface area contributed by atoms with Crippen LogP contribution in [0.1, 0.15) is 30.7 Å². The van der Waals surface area contributed by atoms with E-state index in [1.54, 1.807) is 13.1 Å². The van der Waals surface area contributed by atoms with E-state index in [0.29, 0.717) is 27.9 Å². The maximum absolute atomic E-state index is 12.7. The van der Waals surface area contributed by atoms with Gasteiger partial charge in [0.15, 0.2) is 5.16 Å². The van der Waals surface area contributed by atoms with Gasteiger partial charge in [0.1, 0.15) is 0 Å². The van der Waals surface area contributed by atoms with Gasteiger partial charge < -0.3 is 5.32 Å². The number of carbonyl (C=O) groups is 1. The molecule has 0 saturated carbocycles. The molecule has 0 atom stereocenters. The molecule has 0 aliphatic rings. The topological polar surface area (TPSA) is 64.0 Å². The summed E-state index contributed by atoms with van der Waals surface area (Å²) in [6, 6.07) is 7.54. The normalized spacial score (nSPS) is 11.0. The minimum Gasteiger partial charge on any atom is -0.353 e. The molecule has 134 valence electrons. The van der Waals surface area contributed by atoms with Gasteiger partial charge in [-0.15, -0.1) is 0 Å². The zero-order chi connectivity index (χ0) is 18.6. The minimum atomic E-state index is -0.0979. The maximum Gasteiger partial charge on any atom is 0.257 e. The van der Waals surface area contributed by atoms with Crippen molar-refractivity contribution in [2.45, 2.75) is 38.4 Å². The minimum absolute atomic E-state index is 0.0742. The van der Waals surface area contributed by atoms with E-state index in [0.717, 1.165) is 5.56 Å². The smallest absolute Gasteiger partial charge is 0.257 e. The SMILES string of the molecule is Cc1nc(SCC(=O)NC(C)C)n(C)c(=O)c1Cc1cccc(Cl)c1. The number of benzene rings is 1. The number of carbonyl (C=O) groups excluding carboxylic acids is 1. The van der Waals surface area contributed by atoms with Crippen LogP contribution in [-0.4, -0.2) is 27.3 Å². The number of aryl methyl sites for hydroxylation is 1. The monoisotopic (exact) mass is 379 g/mol. The molecule has 5 nitrogen and oxygen atoms in total. The Labute approximate surface area is 156 Å². The molecule has 7 heteroatoms. The Morgan fingerprint density at radius 1 is 1.40 bits per heavy atom. The van der Waals surface area contributed by atoms with Crippen LogP contribution in [0.4, 0.5) is 0 Å². The van der Waals surface area contributed by atoms with Gasteiger partial charge in [-0.05, 0) is 38.5 Å². The Hall–Kier alpha value is -1.79. The molecule has 0 saturated heterocycles. The average Bonchev–Trinajstić information content (AvgIpc) is 2.53. The highest BCUT2D eigenvalue weighted by Gasteiger charge is 2.14. The largest absolute Gasteiger partial charge is 0.353 e. The Bertz CT molecular complexity index is 834. The number of hydrogen-bond donors (Lipinski definition) is 1. The molecular weight excluding hydrogens is 358 g/mol. The van der Waals surface area contributed by atoms with Crippen molar-refractivity contribution in [3.05, 3.63) is 56.5 Å². The summed E-state index contributed by atoms with van der Waals surface area (Å²) in [4.78, 5) is 29.0. The van der Waals surface area contributed by atoms with Crippen molar-refractivity contribution in [3.63, 3.8) is 0 Å². The van der Waals surface area contributed by atoms with Gasteiger partial charge in [-0.25, -0.2) is 4.98 Å². The zero-order valence-corrected chi connectivity index (χ0v) is 16.4. The molecule has 1 aromatic heterocycles. The summed E-state index contributed by atoms with van der Waals surface area (Å²) < 4.78 is 1.50. The summed E-state index contributed by atoms with van der Waals surface area (Å²) in [6.45, 7) is 5.64. The van der Waals surface area contributed by atoms with Crippen molar-refractivity contribution in [2.24, 2.45) is 7.05 Å². The van der Waals surface area contributed by atoms with Gasteiger partial charge in [0, 0.05) is 35.8 Å². The van der Waals surface area contributed by atoms with Crippen molar-refractivity contribution >= 4 is 29.3 Å². The molecule has 1 aromatic carbocycles. The van der Waals surface area contributed by atoms with E-state index in [4.69, 9.17) is 11.6 Å². The van der Waals surface area contributed by atoms with Crippen LogP contribution in [0.2, 0.25) is 5.02 Å². The van der Waals surface area contributed by atoms with E-state index in [2.05, 4.69) is 10.3 Å². The van der Waals surface area contributed by atoms with E-state index < -0.39 is 0 Å². The molecular formula is C18H22ClN3O2S. The van der Waals surface area contributed by atoms with Crippen LogP contribution in [0, 0.1) is 6.92 Å².